The number of rotatable bonds is 2. The summed E-state index contributed by atoms with van der Waals surface area (Å²) in [6.45, 7) is 5.79. The van der Waals surface area contributed by atoms with Crippen LogP contribution in [0.4, 0.5) is 0 Å². The topological polar surface area (TPSA) is 20.2 Å². The molecule has 0 aromatic carbocycles. The zero-order valence-corrected chi connectivity index (χ0v) is 10.5. The highest BCUT2D eigenvalue weighted by Crippen LogP contribution is 2.24. The van der Waals surface area contributed by atoms with Crippen LogP contribution in [0.1, 0.15) is 25.5 Å². The molecule has 1 unspecified atom stereocenters. The number of fused-ring (bicyclic) bond motifs is 1. The average Bonchev–Trinajstić information content (AvgIpc) is 2.86. The van der Waals surface area contributed by atoms with Crippen LogP contribution in [0.25, 0.3) is 6.20 Å². The molecule has 0 saturated carbocycles. The summed E-state index contributed by atoms with van der Waals surface area (Å²) in [4.78, 5) is 2.49. The highest BCUT2D eigenvalue weighted by molar-refractivity contribution is 5.31. The molecule has 1 aromatic heterocycles. The summed E-state index contributed by atoms with van der Waals surface area (Å²) in [7, 11) is 0. The van der Waals surface area contributed by atoms with Gasteiger partial charge in [-0.15, -0.1) is 0 Å². The van der Waals surface area contributed by atoms with Crippen molar-refractivity contribution in [3.05, 3.63) is 30.2 Å². The number of nitrogens with one attached hydrogen (secondary N) is 1. The van der Waals surface area contributed by atoms with Gasteiger partial charge >= 0.3 is 0 Å². The first-order valence-corrected chi connectivity index (χ1v) is 6.65. The van der Waals surface area contributed by atoms with Gasteiger partial charge in [0, 0.05) is 30.3 Å². The summed E-state index contributed by atoms with van der Waals surface area (Å²) in [5.74, 6) is 0.836. The second-order valence-corrected chi connectivity index (χ2v) is 5.21. The van der Waals surface area contributed by atoms with E-state index in [9.17, 15) is 0 Å². The number of nitrogens with zero attached hydrogens (tertiary/aromatic N) is 2. The first kappa shape index (κ1) is 10.9. The van der Waals surface area contributed by atoms with Crippen LogP contribution in [-0.2, 0) is 6.54 Å². The van der Waals surface area contributed by atoms with Crippen LogP contribution in [0.5, 0.6) is 0 Å². The largest absolute Gasteiger partial charge is 0.367 e. The Morgan fingerprint density at radius 2 is 2.12 bits per heavy atom. The average molecular weight is 231 g/mol. The van der Waals surface area contributed by atoms with E-state index in [0.717, 1.165) is 12.5 Å². The van der Waals surface area contributed by atoms with Gasteiger partial charge in [0.1, 0.15) is 0 Å². The lowest BCUT2D eigenvalue weighted by molar-refractivity contribution is 0.174. The summed E-state index contributed by atoms with van der Waals surface area (Å²) in [6, 6.07) is 4.99. The van der Waals surface area contributed by atoms with Gasteiger partial charge in [-0.25, -0.2) is 0 Å². The highest BCUT2D eigenvalue weighted by atomic mass is 15.2. The summed E-state index contributed by atoms with van der Waals surface area (Å²) < 4.78 is 2.21. The van der Waals surface area contributed by atoms with Crippen molar-refractivity contribution in [3.8, 4) is 0 Å². The van der Waals surface area contributed by atoms with Gasteiger partial charge in [-0.1, -0.05) is 0 Å². The van der Waals surface area contributed by atoms with Gasteiger partial charge < -0.3 is 14.8 Å². The Bertz CT molecular complexity index is 401. The van der Waals surface area contributed by atoms with E-state index in [1.54, 1.807) is 0 Å². The summed E-state index contributed by atoms with van der Waals surface area (Å²) >= 11 is 0. The fourth-order valence-electron chi connectivity index (χ4n) is 2.98. The van der Waals surface area contributed by atoms with Crippen LogP contribution in [0.15, 0.2) is 24.5 Å². The molecule has 3 heteroatoms. The van der Waals surface area contributed by atoms with Gasteiger partial charge in [0.2, 0.25) is 0 Å². The maximum absolute atomic E-state index is 3.44. The molecule has 3 nitrogen and oxygen atoms in total. The molecular formula is C14H21N3. The molecule has 0 radical (unpaired) electrons. The second-order valence-electron chi connectivity index (χ2n) is 5.21. The molecule has 3 rings (SSSR count). The summed E-state index contributed by atoms with van der Waals surface area (Å²) in [6.07, 6.45) is 9.17. The monoisotopic (exact) mass is 231 g/mol. The maximum atomic E-state index is 3.44. The lowest BCUT2D eigenvalue weighted by Gasteiger charge is -2.37. The standard InChI is InChI=1S/C14H21N3/c1-12(13-4-6-15-7-5-13)17-10-9-16-8-2-3-14(16)11-17/h2-3,8-10,12-13,15H,4-7,11H2,1H3. The predicted octanol–water partition coefficient (Wildman–Crippen LogP) is 2.12. The van der Waals surface area contributed by atoms with E-state index in [1.165, 1.54) is 31.6 Å². The van der Waals surface area contributed by atoms with Crippen molar-refractivity contribution < 1.29 is 0 Å². The van der Waals surface area contributed by atoms with E-state index in [0.29, 0.717) is 6.04 Å². The maximum Gasteiger partial charge on any atom is 0.0583 e. The molecule has 0 bridgehead atoms. The van der Waals surface area contributed by atoms with Crippen molar-refractivity contribution in [3.63, 3.8) is 0 Å². The Morgan fingerprint density at radius 1 is 1.29 bits per heavy atom. The minimum absolute atomic E-state index is 0.650. The van der Waals surface area contributed by atoms with E-state index in [2.05, 4.69) is 52.4 Å². The highest BCUT2D eigenvalue weighted by Gasteiger charge is 2.25. The van der Waals surface area contributed by atoms with Crippen LogP contribution in [0.3, 0.4) is 0 Å². The third-order valence-corrected chi connectivity index (χ3v) is 4.22. The molecule has 1 atom stereocenters. The molecule has 2 aliphatic heterocycles. The van der Waals surface area contributed by atoms with E-state index in [1.807, 2.05) is 0 Å². The van der Waals surface area contributed by atoms with Crippen molar-refractivity contribution in [2.75, 3.05) is 13.1 Å². The third-order valence-electron chi connectivity index (χ3n) is 4.22. The van der Waals surface area contributed by atoms with E-state index in [-0.39, 0.29) is 0 Å². The van der Waals surface area contributed by atoms with Gasteiger partial charge in [0.05, 0.1) is 6.54 Å². The first-order valence-electron chi connectivity index (χ1n) is 6.65. The molecule has 1 fully saturated rings. The van der Waals surface area contributed by atoms with Crippen LogP contribution in [0.2, 0.25) is 0 Å². The number of piperidine rings is 1. The third kappa shape index (κ3) is 2.12. The molecule has 1 aromatic rings. The predicted molar refractivity (Wildman–Crippen MR) is 70.4 cm³/mol. The molecule has 0 aliphatic carbocycles. The number of hydrogen-bond acceptors (Lipinski definition) is 2. The summed E-state index contributed by atoms with van der Waals surface area (Å²) in [5.41, 5.74) is 1.40. The summed E-state index contributed by atoms with van der Waals surface area (Å²) in [5, 5.41) is 3.44. The Kier molecular flexibility index (Phi) is 2.93. The Labute approximate surface area is 103 Å². The minimum Gasteiger partial charge on any atom is -0.367 e. The number of aromatic nitrogens is 1. The van der Waals surface area contributed by atoms with Gasteiger partial charge in [-0.3, -0.25) is 0 Å². The van der Waals surface area contributed by atoms with Crippen molar-refractivity contribution in [1.29, 1.82) is 0 Å². The fourth-order valence-corrected chi connectivity index (χ4v) is 2.98. The SMILES string of the molecule is CC(C1CCNCC1)N1C=Cn2cccc2C1. The molecule has 1 N–H and O–H groups in total. The normalized spacial score (nSPS) is 22.5. The van der Waals surface area contributed by atoms with Crippen molar-refractivity contribution in [2.45, 2.75) is 32.4 Å². The van der Waals surface area contributed by atoms with Gasteiger partial charge in [-0.05, 0) is 50.9 Å². The molecule has 3 heterocycles. The van der Waals surface area contributed by atoms with Crippen LogP contribution >= 0.6 is 0 Å². The number of hydrogen-bond donors (Lipinski definition) is 1. The van der Waals surface area contributed by atoms with Gasteiger partial charge in [0.15, 0.2) is 0 Å². The van der Waals surface area contributed by atoms with Crippen LogP contribution in [-0.4, -0.2) is 28.6 Å². The molecule has 0 amide bonds. The zero-order valence-electron chi connectivity index (χ0n) is 10.5. The molecule has 1 saturated heterocycles. The van der Waals surface area contributed by atoms with Gasteiger partial charge in [-0.2, -0.15) is 0 Å². The fraction of sp³-hybridized carbons (Fsp3) is 0.571. The van der Waals surface area contributed by atoms with Crippen molar-refractivity contribution >= 4 is 6.20 Å². The van der Waals surface area contributed by atoms with Crippen molar-refractivity contribution in [1.82, 2.24) is 14.8 Å². The van der Waals surface area contributed by atoms with Gasteiger partial charge in [0.25, 0.3) is 0 Å². The Hall–Kier alpha value is -1.22. The van der Waals surface area contributed by atoms with Crippen molar-refractivity contribution in [2.24, 2.45) is 5.92 Å². The Morgan fingerprint density at radius 3 is 2.94 bits per heavy atom. The lowest BCUT2D eigenvalue weighted by Crippen LogP contribution is -2.41. The molecule has 0 spiro atoms. The van der Waals surface area contributed by atoms with Crippen LogP contribution < -0.4 is 5.32 Å². The van der Waals surface area contributed by atoms with E-state index >= 15 is 0 Å². The van der Waals surface area contributed by atoms with E-state index in [4.69, 9.17) is 0 Å². The minimum atomic E-state index is 0.650. The Balaban J connectivity index is 1.69. The molecule has 2 aliphatic rings. The molecule has 17 heavy (non-hydrogen) atoms. The van der Waals surface area contributed by atoms with E-state index < -0.39 is 0 Å². The quantitative estimate of drug-likeness (QED) is 0.841. The van der Waals surface area contributed by atoms with Crippen LogP contribution in [0, 0.1) is 5.92 Å². The first-order chi connectivity index (χ1) is 8.34. The second kappa shape index (κ2) is 4.57. The smallest absolute Gasteiger partial charge is 0.0583 e. The lowest BCUT2D eigenvalue weighted by atomic mass is 9.90. The zero-order chi connectivity index (χ0) is 11.7. The molecular weight excluding hydrogens is 210 g/mol. The molecule has 92 valence electrons.